The molecule has 42 heavy (non-hydrogen) atoms. The van der Waals surface area contributed by atoms with Gasteiger partial charge in [-0.1, -0.05) is 48.5 Å². The Hall–Kier alpha value is -4.13. The summed E-state index contributed by atoms with van der Waals surface area (Å²) in [5.41, 5.74) is 1.44. The Morgan fingerprint density at radius 1 is 1.02 bits per heavy atom. The number of aromatic nitrogens is 1. The number of benzene rings is 2. The highest BCUT2D eigenvalue weighted by molar-refractivity contribution is 7.89. The second kappa shape index (κ2) is 14.2. The maximum Gasteiger partial charge on any atom is 0.326 e. The smallest absolute Gasteiger partial charge is 0.326 e. The molecule has 1 fully saturated rings. The third-order valence-corrected chi connectivity index (χ3v) is 8.74. The van der Waals surface area contributed by atoms with Crippen LogP contribution in [0.2, 0.25) is 0 Å². The van der Waals surface area contributed by atoms with E-state index in [2.05, 4.69) is 15.6 Å². The Bertz CT molecular complexity index is 1470. The van der Waals surface area contributed by atoms with E-state index in [1.807, 2.05) is 18.2 Å². The highest BCUT2D eigenvalue weighted by Gasteiger charge is 2.45. The molecule has 0 saturated carbocycles. The first kappa shape index (κ1) is 30.8. The number of nitrogens with one attached hydrogen (secondary N) is 2. The number of sulfonamides is 1. The monoisotopic (exact) mass is 594 g/mol. The number of ether oxygens (including phenoxy) is 1. The Kier molecular flexibility index (Phi) is 10.4. The van der Waals surface area contributed by atoms with Gasteiger partial charge < -0.3 is 20.5 Å². The molecule has 3 aromatic rings. The number of hydrogen-bond acceptors (Lipinski definition) is 8. The Morgan fingerprint density at radius 2 is 1.71 bits per heavy atom. The zero-order valence-electron chi connectivity index (χ0n) is 23.2. The van der Waals surface area contributed by atoms with Gasteiger partial charge >= 0.3 is 5.97 Å². The number of amides is 1. The molecule has 1 saturated heterocycles. The van der Waals surface area contributed by atoms with Crippen LogP contribution in [0.15, 0.2) is 83.9 Å². The van der Waals surface area contributed by atoms with Crippen LogP contribution in [-0.4, -0.2) is 71.9 Å². The standard InChI is InChI=1S/C30H34N4O7S/c1-21-28(34(20-41-21)42(39,40)25-9-3-2-4-10-25)29(36)33-26(30(37)38)19-23-14-12-22(13-15-23)18-24(35)8-7-17-32-27-11-5-6-16-31-27/h2-6,9-16,21,26,28H,7-8,17-20H2,1H3,(H,31,32)(H,33,36)(H,37,38)/t21?,26-,28-/m0/s1. The second-order valence-corrected chi connectivity index (χ2v) is 11.9. The lowest BCUT2D eigenvalue weighted by molar-refractivity contribution is -0.142. The van der Waals surface area contributed by atoms with Gasteiger partial charge in [0, 0.05) is 32.0 Å². The third kappa shape index (κ3) is 7.99. The zero-order chi connectivity index (χ0) is 30.1. The molecule has 2 aromatic carbocycles. The van der Waals surface area contributed by atoms with Crippen molar-refractivity contribution in [1.82, 2.24) is 14.6 Å². The number of ketones is 1. The lowest BCUT2D eigenvalue weighted by Gasteiger charge is -2.25. The third-order valence-electron chi connectivity index (χ3n) is 6.92. The number of Topliss-reactive ketones (excluding diaryl/α,β-unsaturated/α-hetero) is 1. The molecular formula is C30H34N4O7S. The normalized spacial score (nSPS) is 17.8. The highest BCUT2D eigenvalue weighted by atomic mass is 32.2. The predicted molar refractivity (Wildman–Crippen MR) is 155 cm³/mol. The largest absolute Gasteiger partial charge is 0.480 e. The van der Waals surface area contributed by atoms with Gasteiger partial charge in [-0.2, -0.15) is 4.31 Å². The predicted octanol–water partition coefficient (Wildman–Crippen LogP) is 2.63. The molecule has 0 spiro atoms. The molecule has 1 aliphatic rings. The molecule has 1 unspecified atom stereocenters. The molecule has 1 amide bonds. The van der Waals surface area contributed by atoms with E-state index < -0.39 is 40.1 Å². The lowest BCUT2D eigenvalue weighted by Crippen LogP contribution is -2.54. The van der Waals surface area contributed by atoms with Crippen molar-refractivity contribution in [3.8, 4) is 0 Å². The molecule has 3 atom stereocenters. The Labute approximate surface area is 245 Å². The van der Waals surface area contributed by atoms with Crippen LogP contribution < -0.4 is 10.6 Å². The number of rotatable bonds is 14. The van der Waals surface area contributed by atoms with E-state index in [0.717, 1.165) is 15.7 Å². The van der Waals surface area contributed by atoms with Crippen molar-refractivity contribution < 1.29 is 32.6 Å². The number of hydrogen-bond donors (Lipinski definition) is 3. The van der Waals surface area contributed by atoms with Gasteiger partial charge in [0.1, 0.15) is 30.4 Å². The first-order chi connectivity index (χ1) is 20.1. The molecule has 222 valence electrons. The van der Waals surface area contributed by atoms with Crippen LogP contribution in [0.4, 0.5) is 5.82 Å². The van der Waals surface area contributed by atoms with Gasteiger partial charge in [0.05, 0.1) is 11.0 Å². The van der Waals surface area contributed by atoms with Crippen LogP contribution >= 0.6 is 0 Å². The molecule has 4 rings (SSSR count). The van der Waals surface area contributed by atoms with Crippen LogP contribution in [0, 0.1) is 0 Å². The van der Waals surface area contributed by atoms with Crippen LogP contribution in [-0.2, 0) is 42.0 Å². The minimum Gasteiger partial charge on any atom is -0.480 e. The van der Waals surface area contributed by atoms with Gasteiger partial charge in [0.15, 0.2) is 0 Å². The molecule has 12 heteroatoms. The van der Waals surface area contributed by atoms with Gasteiger partial charge in [-0.15, -0.1) is 0 Å². The van der Waals surface area contributed by atoms with Crippen molar-refractivity contribution in [3.05, 3.63) is 90.1 Å². The molecule has 2 heterocycles. The summed E-state index contributed by atoms with van der Waals surface area (Å²) in [5, 5.41) is 15.5. The van der Waals surface area contributed by atoms with E-state index in [4.69, 9.17) is 4.74 Å². The second-order valence-electron chi connectivity index (χ2n) is 10.0. The topological polar surface area (TPSA) is 155 Å². The number of anilines is 1. The molecule has 0 radical (unpaired) electrons. The summed E-state index contributed by atoms with van der Waals surface area (Å²) >= 11 is 0. The summed E-state index contributed by atoms with van der Waals surface area (Å²) in [4.78, 5) is 41.8. The van der Waals surface area contributed by atoms with Crippen molar-refractivity contribution in [3.63, 3.8) is 0 Å². The fraction of sp³-hybridized carbons (Fsp3) is 0.333. The van der Waals surface area contributed by atoms with Crippen molar-refractivity contribution >= 4 is 33.5 Å². The molecule has 0 bridgehead atoms. The zero-order valence-corrected chi connectivity index (χ0v) is 24.0. The maximum atomic E-state index is 13.2. The minimum atomic E-state index is -4.05. The first-order valence-corrected chi connectivity index (χ1v) is 15.1. The van der Waals surface area contributed by atoms with Crippen molar-refractivity contribution in [1.29, 1.82) is 0 Å². The average molecular weight is 595 g/mol. The maximum absolute atomic E-state index is 13.2. The summed E-state index contributed by atoms with van der Waals surface area (Å²) in [7, 11) is -4.05. The first-order valence-electron chi connectivity index (χ1n) is 13.6. The molecule has 1 aromatic heterocycles. The molecular weight excluding hydrogens is 560 g/mol. The SMILES string of the molecule is CC1OCN(S(=O)(=O)c2ccccc2)[C@@H]1C(=O)N[C@@H](Cc1ccc(CC(=O)CCCNc2ccccn2)cc1)C(=O)O. The minimum absolute atomic E-state index is 0.00927. The number of carboxylic acids is 1. The summed E-state index contributed by atoms with van der Waals surface area (Å²) in [5.74, 6) is -1.17. The number of carbonyl (C=O) groups excluding carboxylic acids is 2. The van der Waals surface area contributed by atoms with E-state index in [1.165, 1.54) is 12.1 Å². The van der Waals surface area contributed by atoms with Crippen LogP contribution in [0.1, 0.15) is 30.9 Å². The Morgan fingerprint density at radius 3 is 2.38 bits per heavy atom. The summed E-state index contributed by atoms with van der Waals surface area (Å²) in [6.07, 6.45) is 2.23. The Balaban J connectivity index is 1.31. The summed E-state index contributed by atoms with van der Waals surface area (Å²) in [6.45, 7) is 1.87. The lowest BCUT2D eigenvalue weighted by atomic mass is 10.0. The molecule has 1 aliphatic heterocycles. The van der Waals surface area contributed by atoms with Gasteiger partial charge in [0.25, 0.3) is 0 Å². The van der Waals surface area contributed by atoms with Crippen LogP contribution in [0.5, 0.6) is 0 Å². The number of pyridine rings is 1. The molecule has 11 nitrogen and oxygen atoms in total. The van der Waals surface area contributed by atoms with Gasteiger partial charge in [-0.25, -0.2) is 18.2 Å². The quantitative estimate of drug-likeness (QED) is 0.239. The van der Waals surface area contributed by atoms with E-state index >= 15 is 0 Å². The van der Waals surface area contributed by atoms with E-state index in [9.17, 15) is 27.9 Å². The fourth-order valence-electron chi connectivity index (χ4n) is 4.66. The van der Waals surface area contributed by atoms with Gasteiger partial charge in [0.2, 0.25) is 15.9 Å². The number of aliphatic carboxylic acids is 1. The number of carboxylic acid groups (broad SMARTS) is 1. The fourth-order valence-corrected chi connectivity index (χ4v) is 6.20. The van der Waals surface area contributed by atoms with Crippen molar-refractivity contribution in [2.75, 3.05) is 18.6 Å². The molecule has 3 N–H and O–H groups in total. The molecule has 0 aliphatic carbocycles. The summed E-state index contributed by atoms with van der Waals surface area (Å²) in [6, 6.07) is 17.7. The van der Waals surface area contributed by atoms with Crippen LogP contribution in [0.25, 0.3) is 0 Å². The van der Waals surface area contributed by atoms with E-state index in [1.54, 1.807) is 55.6 Å². The average Bonchev–Trinajstić information content (AvgIpc) is 3.39. The van der Waals surface area contributed by atoms with Crippen molar-refractivity contribution in [2.24, 2.45) is 0 Å². The van der Waals surface area contributed by atoms with Crippen molar-refractivity contribution in [2.45, 2.75) is 55.7 Å². The number of carbonyl (C=O) groups is 3. The highest BCUT2D eigenvalue weighted by Crippen LogP contribution is 2.26. The van der Waals surface area contributed by atoms with Gasteiger partial charge in [-0.05, 0) is 48.7 Å². The van der Waals surface area contributed by atoms with E-state index in [-0.39, 0.29) is 30.3 Å². The van der Waals surface area contributed by atoms with Crippen LogP contribution in [0.3, 0.4) is 0 Å². The van der Waals surface area contributed by atoms with Gasteiger partial charge in [-0.3, -0.25) is 9.59 Å². The number of nitrogens with zero attached hydrogens (tertiary/aromatic N) is 2. The summed E-state index contributed by atoms with van der Waals surface area (Å²) < 4.78 is 32.7. The van der Waals surface area contributed by atoms with E-state index in [0.29, 0.717) is 24.9 Å².